The van der Waals surface area contributed by atoms with Gasteiger partial charge in [-0.2, -0.15) is 0 Å². The van der Waals surface area contributed by atoms with Gasteiger partial charge in [-0.3, -0.25) is 25.2 Å². The van der Waals surface area contributed by atoms with Crippen LogP contribution >= 0.6 is 34.8 Å². The van der Waals surface area contributed by atoms with Crippen LogP contribution < -0.4 is 15.6 Å². The lowest BCUT2D eigenvalue weighted by molar-refractivity contribution is 0.0846. The molecule has 0 unspecified atom stereocenters. The van der Waals surface area contributed by atoms with Gasteiger partial charge >= 0.3 is 0 Å². The normalized spacial score (nSPS) is 10.9. The first-order chi connectivity index (χ1) is 14.7. The molecule has 0 aliphatic carbocycles. The van der Waals surface area contributed by atoms with E-state index in [1.807, 2.05) is 0 Å². The van der Waals surface area contributed by atoms with E-state index in [9.17, 15) is 18.0 Å². The number of hydrazine groups is 1. The number of hydrogen-bond acceptors (Lipinski definition) is 4. The standard InChI is InChI=1S/C20H14Cl3N3O4S/c21-15-9-8-13(11-17(15)23)20(28)25-24-19(27)12-4-3-5-14(10-12)31(29,30)26-18-7-2-1-6-16(18)22/h1-11,26H,(H,24,27)(H,25,28). The van der Waals surface area contributed by atoms with Gasteiger partial charge in [0.2, 0.25) is 0 Å². The van der Waals surface area contributed by atoms with E-state index in [0.717, 1.165) is 0 Å². The van der Waals surface area contributed by atoms with Crippen molar-refractivity contribution in [3.63, 3.8) is 0 Å². The molecule has 2 amide bonds. The Bertz CT molecular complexity index is 1270. The minimum Gasteiger partial charge on any atom is -0.278 e. The molecule has 0 saturated heterocycles. The molecule has 3 aromatic rings. The predicted molar refractivity (Wildman–Crippen MR) is 120 cm³/mol. The molecule has 11 heteroatoms. The van der Waals surface area contributed by atoms with Gasteiger partial charge < -0.3 is 0 Å². The smallest absolute Gasteiger partial charge is 0.269 e. The molecule has 3 rings (SSSR count). The van der Waals surface area contributed by atoms with Crippen molar-refractivity contribution >= 4 is 62.3 Å². The summed E-state index contributed by atoms with van der Waals surface area (Å²) in [6.07, 6.45) is 0. The summed E-state index contributed by atoms with van der Waals surface area (Å²) in [6, 6.07) is 15.9. The number of hydrogen-bond donors (Lipinski definition) is 3. The molecule has 3 N–H and O–H groups in total. The largest absolute Gasteiger partial charge is 0.278 e. The van der Waals surface area contributed by atoms with Gasteiger partial charge in [-0.15, -0.1) is 0 Å². The van der Waals surface area contributed by atoms with Crippen LogP contribution in [-0.4, -0.2) is 20.2 Å². The second-order valence-electron chi connectivity index (χ2n) is 6.15. The van der Waals surface area contributed by atoms with Crippen molar-refractivity contribution in [3.8, 4) is 0 Å². The number of halogens is 3. The maximum absolute atomic E-state index is 12.6. The molecule has 0 aliphatic rings. The van der Waals surface area contributed by atoms with E-state index in [1.165, 1.54) is 48.5 Å². The monoisotopic (exact) mass is 497 g/mol. The molecule has 0 spiro atoms. The third-order valence-corrected chi connectivity index (χ3v) is 6.43. The predicted octanol–water partition coefficient (Wildman–Crippen LogP) is 4.52. The molecule has 0 aromatic heterocycles. The Morgan fingerprint density at radius 3 is 1.97 bits per heavy atom. The first kappa shape index (κ1) is 22.9. The molecule has 160 valence electrons. The Morgan fingerprint density at radius 1 is 0.677 bits per heavy atom. The number of nitrogens with one attached hydrogen (secondary N) is 3. The van der Waals surface area contributed by atoms with Crippen LogP contribution in [0, 0.1) is 0 Å². The van der Waals surface area contributed by atoms with Gasteiger partial charge in [0.1, 0.15) is 0 Å². The van der Waals surface area contributed by atoms with Crippen molar-refractivity contribution in [3.05, 3.63) is 92.9 Å². The van der Waals surface area contributed by atoms with E-state index in [2.05, 4.69) is 15.6 Å². The number of amides is 2. The zero-order chi connectivity index (χ0) is 22.6. The van der Waals surface area contributed by atoms with Crippen LogP contribution in [0.15, 0.2) is 71.6 Å². The molecule has 0 radical (unpaired) electrons. The van der Waals surface area contributed by atoms with Crippen LogP contribution in [0.4, 0.5) is 5.69 Å². The van der Waals surface area contributed by atoms with Crippen LogP contribution in [0.5, 0.6) is 0 Å². The molecule has 0 heterocycles. The first-order valence-electron chi connectivity index (χ1n) is 8.60. The summed E-state index contributed by atoms with van der Waals surface area (Å²) >= 11 is 17.7. The molecule has 0 atom stereocenters. The highest BCUT2D eigenvalue weighted by atomic mass is 35.5. The van der Waals surface area contributed by atoms with Crippen LogP contribution in [0.25, 0.3) is 0 Å². The van der Waals surface area contributed by atoms with Crippen LogP contribution in [0.1, 0.15) is 20.7 Å². The van der Waals surface area contributed by atoms with Crippen LogP contribution in [-0.2, 0) is 10.0 Å². The Morgan fingerprint density at radius 2 is 1.32 bits per heavy atom. The van der Waals surface area contributed by atoms with Crippen molar-refractivity contribution in [2.45, 2.75) is 4.90 Å². The summed E-state index contributed by atoms with van der Waals surface area (Å²) < 4.78 is 27.7. The third-order valence-electron chi connectivity index (χ3n) is 4.00. The van der Waals surface area contributed by atoms with Gasteiger partial charge in [-0.05, 0) is 48.5 Å². The molecule has 3 aromatic carbocycles. The van der Waals surface area contributed by atoms with E-state index >= 15 is 0 Å². The number of carbonyl (C=O) groups is 2. The third kappa shape index (κ3) is 5.68. The lowest BCUT2D eigenvalue weighted by Crippen LogP contribution is -2.41. The van der Waals surface area contributed by atoms with Gasteiger partial charge in [-0.1, -0.05) is 53.0 Å². The number of anilines is 1. The molecule has 0 fully saturated rings. The topological polar surface area (TPSA) is 104 Å². The Kier molecular flexibility index (Phi) is 7.07. The fraction of sp³-hybridized carbons (Fsp3) is 0. The zero-order valence-corrected chi connectivity index (χ0v) is 18.6. The van der Waals surface area contributed by atoms with E-state index in [-0.39, 0.29) is 36.8 Å². The highest BCUT2D eigenvalue weighted by Crippen LogP contribution is 2.24. The van der Waals surface area contributed by atoms with Gasteiger partial charge in [-0.25, -0.2) is 8.42 Å². The first-order valence-corrected chi connectivity index (χ1v) is 11.2. The Labute approximate surface area is 193 Å². The van der Waals surface area contributed by atoms with Crippen molar-refractivity contribution in [1.29, 1.82) is 0 Å². The fourth-order valence-corrected chi connectivity index (χ4v) is 4.11. The average molecular weight is 499 g/mol. The SMILES string of the molecule is O=C(NNC(=O)c1ccc(Cl)c(Cl)c1)c1cccc(S(=O)(=O)Nc2ccccc2Cl)c1. The van der Waals surface area contributed by atoms with Crippen LogP contribution in [0.2, 0.25) is 15.1 Å². The van der Waals surface area contributed by atoms with E-state index in [1.54, 1.807) is 18.2 Å². The summed E-state index contributed by atoms with van der Waals surface area (Å²) in [5.41, 5.74) is 4.83. The van der Waals surface area contributed by atoms with Crippen molar-refractivity contribution < 1.29 is 18.0 Å². The van der Waals surface area contributed by atoms with Crippen molar-refractivity contribution in [1.82, 2.24) is 10.9 Å². The minimum absolute atomic E-state index is 0.0106. The maximum Gasteiger partial charge on any atom is 0.269 e. The number of carbonyl (C=O) groups excluding carboxylic acids is 2. The summed E-state index contributed by atoms with van der Waals surface area (Å²) in [5.74, 6) is -1.35. The van der Waals surface area contributed by atoms with Gasteiger partial charge in [0, 0.05) is 11.1 Å². The molecule has 0 bridgehead atoms. The van der Waals surface area contributed by atoms with Crippen molar-refractivity contribution in [2.24, 2.45) is 0 Å². The Hall–Kier alpha value is -2.78. The molecule has 7 nitrogen and oxygen atoms in total. The molecular formula is C20H14Cl3N3O4S. The molecule has 31 heavy (non-hydrogen) atoms. The molecular weight excluding hydrogens is 485 g/mol. The number of benzene rings is 3. The Balaban J connectivity index is 1.71. The van der Waals surface area contributed by atoms with E-state index in [4.69, 9.17) is 34.8 Å². The summed E-state index contributed by atoms with van der Waals surface area (Å²) in [6.45, 7) is 0. The average Bonchev–Trinajstić information content (AvgIpc) is 2.75. The number of rotatable bonds is 5. The lowest BCUT2D eigenvalue weighted by atomic mass is 10.2. The highest BCUT2D eigenvalue weighted by molar-refractivity contribution is 7.92. The summed E-state index contributed by atoms with van der Waals surface area (Å²) in [4.78, 5) is 24.4. The van der Waals surface area contributed by atoms with Crippen LogP contribution in [0.3, 0.4) is 0 Å². The molecule has 0 aliphatic heterocycles. The second-order valence-corrected chi connectivity index (χ2v) is 9.05. The lowest BCUT2D eigenvalue weighted by Gasteiger charge is -2.11. The van der Waals surface area contributed by atoms with Gasteiger partial charge in [0.15, 0.2) is 0 Å². The summed E-state index contributed by atoms with van der Waals surface area (Å²) in [7, 11) is -4.00. The summed E-state index contributed by atoms with van der Waals surface area (Å²) in [5, 5.41) is 0.695. The van der Waals surface area contributed by atoms with E-state index < -0.39 is 21.8 Å². The highest BCUT2D eigenvalue weighted by Gasteiger charge is 2.18. The minimum atomic E-state index is -4.00. The number of para-hydroxylation sites is 1. The number of sulfonamides is 1. The van der Waals surface area contributed by atoms with Gasteiger partial charge in [0.25, 0.3) is 21.8 Å². The van der Waals surface area contributed by atoms with Crippen molar-refractivity contribution in [2.75, 3.05) is 4.72 Å². The van der Waals surface area contributed by atoms with Gasteiger partial charge in [0.05, 0.1) is 25.7 Å². The quantitative estimate of drug-likeness (QED) is 0.450. The second kappa shape index (κ2) is 9.57. The fourth-order valence-electron chi connectivity index (χ4n) is 2.45. The van der Waals surface area contributed by atoms with E-state index in [0.29, 0.717) is 0 Å². The molecule has 0 saturated carbocycles. The maximum atomic E-state index is 12.6. The zero-order valence-electron chi connectivity index (χ0n) is 15.5.